The second kappa shape index (κ2) is 5.89. The molecule has 19 heavy (non-hydrogen) atoms. The maximum atomic E-state index is 6.05. The van der Waals surface area contributed by atoms with E-state index in [9.17, 15) is 0 Å². The maximum Gasteiger partial charge on any atom is 0.223 e. The van der Waals surface area contributed by atoms with Crippen molar-refractivity contribution in [2.45, 2.75) is 13.8 Å². The minimum absolute atomic E-state index is 0.611. The molecule has 0 bridgehead atoms. The molecular formula is C14H16ClN3O. The van der Waals surface area contributed by atoms with Crippen LogP contribution in [-0.4, -0.2) is 23.6 Å². The van der Waals surface area contributed by atoms with Crippen LogP contribution in [0.5, 0.6) is 5.75 Å². The first kappa shape index (κ1) is 13.6. The van der Waals surface area contributed by atoms with E-state index in [1.54, 1.807) is 13.2 Å². The van der Waals surface area contributed by atoms with Gasteiger partial charge in [-0.1, -0.05) is 11.6 Å². The van der Waals surface area contributed by atoms with Crippen LogP contribution in [0.4, 0.5) is 5.95 Å². The van der Waals surface area contributed by atoms with Crippen molar-refractivity contribution >= 4 is 17.5 Å². The molecule has 1 heterocycles. The molecule has 0 unspecified atom stereocenters. The first-order valence-corrected chi connectivity index (χ1v) is 6.45. The van der Waals surface area contributed by atoms with Crippen LogP contribution in [0.15, 0.2) is 24.3 Å². The highest BCUT2D eigenvalue weighted by Crippen LogP contribution is 2.31. The molecule has 100 valence electrons. The van der Waals surface area contributed by atoms with E-state index in [1.807, 2.05) is 32.0 Å². The Morgan fingerprint density at radius 2 is 2.05 bits per heavy atom. The van der Waals surface area contributed by atoms with E-state index in [1.165, 1.54) is 0 Å². The lowest BCUT2D eigenvalue weighted by molar-refractivity contribution is 0.416. The summed E-state index contributed by atoms with van der Waals surface area (Å²) in [5, 5.41) is 3.76. The standard InChI is InChI=1S/C14H16ClN3O/c1-4-16-14-17-9(2)7-12(18-14)11-8-10(15)5-6-13(11)19-3/h5-8H,4H2,1-3H3,(H,16,17,18). The Labute approximate surface area is 117 Å². The zero-order chi connectivity index (χ0) is 13.8. The predicted molar refractivity (Wildman–Crippen MR) is 77.9 cm³/mol. The Balaban J connectivity index is 2.54. The van der Waals surface area contributed by atoms with E-state index in [2.05, 4.69) is 15.3 Å². The minimum Gasteiger partial charge on any atom is -0.496 e. The number of hydrogen-bond donors (Lipinski definition) is 1. The van der Waals surface area contributed by atoms with Crippen molar-refractivity contribution in [1.82, 2.24) is 9.97 Å². The summed E-state index contributed by atoms with van der Waals surface area (Å²) in [7, 11) is 1.63. The van der Waals surface area contributed by atoms with E-state index < -0.39 is 0 Å². The fourth-order valence-corrected chi connectivity index (χ4v) is 2.00. The van der Waals surface area contributed by atoms with Crippen LogP contribution in [0, 0.1) is 6.92 Å². The topological polar surface area (TPSA) is 47.0 Å². The number of aromatic nitrogens is 2. The number of methoxy groups -OCH3 is 1. The summed E-state index contributed by atoms with van der Waals surface area (Å²) < 4.78 is 5.35. The Bertz CT molecular complexity index is 587. The van der Waals surface area contributed by atoms with Gasteiger partial charge in [0, 0.05) is 22.8 Å². The van der Waals surface area contributed by atoms with E-state index in [-0.39, 0.29) is 0 Å². The summed E-state index contributed by atoms with van der Waals surface area (Å²) in [5.74, 6) is 1.35. The van der Waals surface area contributed by atoms with Crippen molar-refractivity contribution in [1.29, 1.82) is 0 Å². The highest BCUT2D eigenvalue weighted by molar-refractivity contribution is 6.30. The Hall–Kier alpha value is -1.81. The Morgan fingerprint density at radius 3 is 2.74 bits per heavy atom. The molecule has 0 aliphatic carbocycles. The number of ether oxygens (including phenoxy) is 1. The maximum absolute atomic E-state index is 6.05. The largest absolute Gasteiger partial charge is 0.496 e. The average Bonchev–Trinajstić information content (AvgIpc) is 2.38. The lowest BCUT2D eigenvalue weighted by Gasteiger charge is -2.10. The van der Waals surface area contributed by atoms with Gasteiger partial charge in [-0.15, -0.1) is 0 Å². The fourth-order valence-electron chi connectivity index (χ4n) is 1.82. The second-order valence-electron chi connectivity index (χ2n) is 4.09. The third-order valence-corrected chi connectivity index (χ3v) is 2.86. The summed E-state index contributed by atoms with van der Waals surface area (Å²) in [6.07, 6.45) is 0. The van der Waals surface area contributed by atoms with Crippen LogP contribution in [0.25, 0.3) is 11.3 Å². The number of nitrogens with one attached hydrogen (secondary N) is 1. The molecule has 5 heteroatoms. The summed E-state index contributed by atoms with van der Waals surface area (Å²) in [6.45, 7) is 4.71. The van der Waals surface area contributed by atoms with E-state index in [0.29, 0.717) is 11.0 Å². The summed E-state index contributed by atoms with van der Waals surface area (Å²) in [5.41, 5.74) is 2.55. The molecule has 2 aromatic rings. The molecule has 0 saturated carbocycles. The third-order valence-electron chi connectivity index (χ3n) is 2.63. The number of anilines is 1. The van der Waals surface area contributed by atoms with Crippen LogP contribution in [-0.2, 0) is 0 Å². The van der Waals surface area contributed by atoms with Crippen LogP contribution in [0.1, 0.15) is 12.6 Å². The molecule has 1 aromatic heterocycles. The molecule has 1 N–H and O–H groups in total. The van der Waals surface area contributed by atoms with Gasteiger partial charge in [-0.3, -0.25) is 0 Å². The normalized spacial score (nSPS) is 10.3. The molecule has 1 aromatic carbocycles. The van der Waals surface area contributed by atoms with Crippen molar-refractivity contribution in [2.75, 3.05) is 19.0 Å². The van der Waals surface area contributed by atoms with Crippen molar-refractivity contribution in [3.05, 3.63) is 35.0 Å². The summed E-state index contributed by atoms with van der Waals surface area (Å²) in [6, 6.07) is 7.39. The SMILES string of the molecule is CCNc1nc(C)cc(-c2cc(Cl)ccc2OC)n1. The fraction of sp³-hybridized carbons (Fsp3) is 0.286. The molecule has 0 atom stereocenters. The lowest BCUT2D eigenvalue weighted by Crippen LogP contribution is -2.04. The van der Waals surface area contributed by atoms with Crippen molar-refractivity contribution in [2.24, 2.45) is 0 Å². The zero-order valence-electron chi connectivity index (χ0n) is 11.2. The Kier molecular flexibility index (Phi) is 4.22. The highest BCUT2D eigenvalue weighted by Gasteiger charge is 2.10. The molecule has 4 nitrogen and oxygen atoms in total. The van der Waals surface area contributed by atoms with Crippen LogP contribution >= 0.6 is 11.6 Å². The number of hydrogen-bond acceptors (Lipinski definition) is 4. The van der Waals surface area contributed by atoms with Crippen molar-refractivity contribution in [3.8, 4) is 17.0 Å². The van der Waals surface area contributed by atoms with Crippen LogP contribution < -0.4 is 10.1 Å². The van der Waals surface area contributed by atoms with Gasteiger partial charge in [-0.25, -0.2) is 9.97 Å². The van der Waals surface area contributed by atoms with Crippen molar-refractivity contribution in [3.63, 3.8) is 0 Å². The minimum atomic E-state index is 0.611. The molecule has 0 spiro atoms. The van der Waals surface area contributed by atoms with Gasteiger partial charge in [-0.2, -0.15) is 0 Å². The molecule has 0 amide bonds. The molecular weight excluding hydrogens is 262 g/mol. The molecule has 0 aliphatic heterocycles. The zero-order valence-corrected chi connectivity index (χ0v) is 12.0. The van der Waals surface area contributed by atoms with Crippen LogP contribution in [0.2, 0.25) is 5.02 Å². The van der Waals surface area contributed by atoms with Gasteiger partial charge in [0.15, 0.2) is 0 Å². The smallest absolute Gasteiger partial charge is 0.223 e. The number of nitrogens with zero attached hydrogens (tertiary/aromatic N) is 2. The molecule has 2 rings (SSSR count). The quantitative estimate of drug-likeness (QED) is 0.928. The van der Waals surface area contributed by atoms with Gasteiger partial charge < -0.3 is 10.1 Å². The van der Waals surface area contributed by atoms with E-state index in [4.69, 9.17) is 16.3 Å². The number of benzene rings is 1. The molecule has 0 radical (unpaired) electrons. The second-order valence-corrected chi connectivity index (χ2v) is 4.53. The average molecular weight is 278 g/mol. The number of halogens is 1. The summed E-state index contributed by atoms with van der Waals surface area (Å²) >= 11 is 6.05. The number of rotatable bonds is 4. The van der Waals surface area contributed by atoms with Gasteiger partial charge in [0.1, 0.15) is 5.75 Å². The van der Waals surface area contributed by atoms with E-state index in [0.717, 1.165) is 29.2 Å². The first-order valence-electron chi connectivity index (χ1n) is 6.07. The molecule has 0 aliphatic rings. The lowest BCUT2D eigenvalue weighted by atomic mass is 10.1. The van der Waals surface area contributed by atoms with Gasteiger partial charge in [0.05, 0.1) is 12.8 Å². The molecule has 0 fully saturated rings. The first-order chi connectivity index (χ1) is 9.13. The number of aryl methyl sites for hydroxylation is 1. The highest BCUT2D eigenvalue weighted by atomic mass is 35.5. The van der Waals surface area contributed by atoms with Gasteiger partial charge >= 0.3 is 0 Å². The predicted octanol–water partition coefficient (Wildman–Crippen LogP) is 3.55. The van der Waals surface area contributed by atoms with Gasteiger partial charge in [0.2, 0.25) is 5.95 Å². The molecule has 0 saturated heterocycles. The van der Waals surface area contributed by atoms with Gasteiger partial charge in [0.25, 0.3) is 0 Å². The Morgan fingerprint density at radius 1 is 1.26 bits per heavy atom. The summed E-state index contributed by atoms with van der Waals surface area (Å²) in [4.78, 5) is 8.81. The van der Waals surface area contributed by atoms with Crippen LogP contribution in [0.3, 0.4) is 0 Å². The third kappa shape index (κ3) is 3.15. The monoisotopic (exact) mass is 277 g/mol. The van der Waals surface area contributed by atoms with Gasteiger partial charge in [-0.05, 0) is 38.1 Å². The van der Waals surface area contributed by atoms with Crippen molar-refractivity contribution < 1.29 is 4.74 Å². The van der Waals surface area contributed by atoms with E-state index >= 15 is 0 Å².